The van der Waals surface area contributed by atoms with Crippen LogP contribution in [-0.2, 0) is 4.74 Å². The number of hydrogen-bond donors (Lipinski definition) is 0. The Morgan fingerprint density at radius 1 is 1.00 bits per heavy atom. The summed E-state index contributed by atoms with van der Waals surface area (Å²) >= 11 is 0. The molecule has 0 heterocycles. The number of hydrogen-bond acceptors (Lipinski definition) is 1. The van der Waals surface area contributed by atoms with E-state index in [1.807, 2.05) is 7.11 Å². The molecular formula is C10H22NO+. The molecule has 0 aromatic carbocycles. The molecule has 2 nitrogen and oxygen atoms in total. The SMILES string of the molecule is COC1CCC([N+](C)(C)C)CC1. The molecule has 0 aromatic heterocycles. The van der Waals surface area contributed by atoms with Gasteiger partial charge in [0.05, 0.1) is 33.3 Å². The van der Waals surface area contributed by atoms with Crippen LogP contribution in [0.1, 0.15) is 25.7 Å². The van der Waals surface area contributed by atoms with Gasteiger partial charge in [0, 0.05) is 20.0 Å². The largest absolute Gasteiger partial charge is 0.381 e. The zero-order valence-corrected chi connectivity index (χ0v) is 8.84. The molecular weight excluding hydrogens is 150 g/mol. The fourth-order valence-electron chi connectivity index (χ4n) is 2.06. The standard InChI is InChI=1S/C10H22NO/c1-11(2,3)9-5-7-10(12-4)8-6-9/h9-10H,5-8H2,1-4H3/q+1. The van der Waals surface area contributed by atoms with Gasteiger partial charge in [-0.2, -0.15) is 0 Å². The van der Waals surface area contributed by atoms with Crippen molar-refractivity contribution in [1.29, 1.82) is 0 Å². The van der Waals surface area contributed by atoms with Gasteiger partial charge >= 0.3 is 0 Å². The highest BCUT2D eigenvalue weighted by atomic mass is 16.5. The van der Waals surface area contributed by atoms with Gasteiger partial charge in [0.2, 0.25) is 0 Å². The molecule has 0 radical (unpaired) electrons. The van der Waals surface area contributed by atoms with Gasteiger partial charge < -0.3 is 9.22 Å². The van der Waals surface area contributed by atoms with Crippen LogP contribution in [0.3, 0.4) is 0 Å². The van der Waals surface area contributed by atoms with E-state index in [1.165, 1.54) is 25.7 Å². The normalized spacial score (nSPS) is 32.0. The van der Waals surface area contributed by atoms with Crippen LogP contribution in [0.5, 0.6) is 0 Å². The number of ether oxygens (including phenoxy) is 1. The van der Waals surface area contributed by atoms with Crippen molar-refractivity contribution in [3.05, 3.63) is 0 Å². The Hall–Kier alpha value is -0.0800. The van der Waals surface area contributed by atoms with E-state index in [-0.39, 0.29) is 0 Å². The summed E-state index contributed by atoms with van der Waals surface area (Å²) in [6.45, 7) is 0. The molecule has 12 heavy (non-hydrogen) atoms. The monoisotopic (exact) mass is 172 g/mol. The van der Waals surface area contributed by atoms with Crippen LogP contribution in [0, 0.1) is 0 Å². The summed E-state index contributed by atoms with van der Waals surface area (Å²) in [6, 6.07) is 0.844. The minimum Gasteiger partial charge on any atom is -0.381 e. The van der Waals surface area contributed by atoms with E-state index in [2.05, 4.69) is 21.1 Å². The first-order valence-electron chi connectivity index (χ1n) is 4.88. The summed E-state index contributed by atoms with van der Waals surface area (Å²) < 4.78 is 6.45. The molecule has 0 spiro atoms. The number of methoxy groups -OCH3 is 1. The lowest BCUT2D eigenvalue weighted by molar-refractivity contribution is -0.897. The van der Waals surface area contributed by atoms with Crippen molar-refractivity contribution in [2.75, 3.05) is 28.3 Å². The van der Waals surface area contributed by atoms with Gasteiger partial charge in [0.15, 0.2) is 0 Å². The van der Waals surface area contributed by atoms with E-state index in [1.54, 1.807) is 0 Å². The maximum absolute atomic E-state index is 5.35. The van der Waals surface area contributed by atoms with E-state index in [9.17, 15) is 0 Å². The smallest absolute Gasteiger partial charge is 0.0886 e. The molecule has 1 rings (SSSR count). The predicted molar refractivity (Wildman–Crippen MR) is 51.1 cm³/mol. The average Bonchev–Trinajstić information content (AvgIpc) is 2.03. The van der Waals surface area contributed by atoms with Crippen molar-refractivity contribution in [1.82, 2.24) is 0 Å². The van der Waals surface area contributed by atoms with Crippen LogP contribution in [0.4, 0.5) is 0 Å². The topological polar surface area (TPSA) is 9.23 Å². The third-order valence-electron chi connectivity index (χ3n) is 3.07. The Bertz CT molecular complexity index is 131. The molecule has 0 unspecified atom stereocenters. The lowest BCUT2D eigenvalue weighted by Crippen LogP contribution is -2.47. The van der Waals surface area contributed by atoms with E-state index < -0.39 is 0 Å². The molecule has 1 aliphatic rings. The van der Waals surface area contributed by atoms with Crippen LogP contribution < -0.4 is 0 Å². The fourth-order valence-corrected chi connectivity index (χ4v) is 2.06. The average molecular weight is 172 g/mol. The maximum atomic E-state index is 5.35. The molecule has 0 atom stereocenters. The van der Waals surface area contributed by atoms with Crippen molar-refractivity contribution in [3.63, 3.8) is 0 Å². The minimum absolute atomic E-state index is 0.535. The van der Waals surface area contributed by atoms with Crippen molar-refractivity contribution in [2.45, 2.75) is 37.8 Å². The first-order valence-corrected chi connectivity index (χ1v) is 4.88. The highest BCUT2D eigenvalue weighted by Gasteiger charge is 2.29. The van der Waals surface area contributed by atoms with Gasteiger partial charge in [-0.05, 0) is 12.8 Å². The predicted octanol–water partition coefficient (Wildman–Crippen LogP) is 1.65. The summed E-state index contributed by atoms with van der Waals surface area (Å²) in [5.74, 6) is 0. The number of rotatable bonds is 2. The fraction of sp³-hybridized carbons (Fsp3) is 1.00. The Morgan fingerprint density at radius 3 is 1.83 bits per heavy atom. The Kier molecular flexibility index (Phi) is 3.13. The Balaban J connectivity index is 2.36. The lowest BCUT2D eigenvalue weighted by Gasteiger charge is -2.38. The van der Waals surface area contributed by atoms with Gasteiger partial charge in [0.25, 0.3) is 0 Å². The zero-order valence-electron chi connectivity index (χ0n) is 8.84. The summed E-state index contributed by atoms with van der Waals surface area (Å²) in [5, 5.41) is 0. The number of quaternary nitrogens is 1. The van der Waals surface area contributed by atoms with Crippen molar-refractivity contribution >= 4 is 0 Å². The highest BCUT2D eigenvalue weighted by molar-refractivity contribution is 4.72. The summed E-state index contributed by atoms with van der Waals surface area (Å²) in [6.07, 6.45) is 5.67. The quantitative estimate of drug-likeness (QED) is 0.575. The van der Waals surface area contributed by atoms with Gasteiger partial charge in [-0.1, -0.05) is 0 Å². The van der Waals surface area contributed by atoms with E-state index in [4.69, 9.17) is 4.74 Å². The zero-order chi connectivity index (χ0) is 9.19. The van der Waals surface area contributed by atoms with Crippen molar-refractivity contribution < 1.29 is 9.22 Å². The highest BCUT2D eigenvalue weighted by Crippen LogP contribution is 2.25. The van der Waals surface area contributed by atoms with Gasteiger partial charge in [-0.3, -0.25) is 0 Å². The van der Waals surface area contributed by atoms with Crippen LogP contribution >= 0.6 is 0 Å². The van der Waals surface area contributed by atoms with Gasteiger partial charge in [-0.25, -0.2) is 0 Å². The Labute approximate surface area is 76.1 Å². The second-order valence-electron chi connectivity index (χ2n) is 4.78. The van der Waals surface area contributed by atoms with Gasteiger partial charge in [0.1, 0.15) is 0 Å². The van der Waals surface area contributed by atoms with Crippen LogP contribution in [0.2, 0.25) is 0 Å². The molecule has 72 valence electrons. The molecule has 1 aliphatic carbocycles. The molecule has 0 bridgehead atoms. The molecule has 0 saturated heterocycles. The maximum Gasteiger partial charge on any atom is 0.0886 e. The van der Waals surface area contributed by atoms with Crippen molar-refractivity contribution in [2.24, 2.45) is 0 Å². The first kappa shape index (κ1) is 10.0. The van der Waals surface area contributed by atoms with Crippen LogP contribution in [0.15, 0.2) is 0 Å². The molecule has 0 aromatic rings. The molecule has 0 N–H and O–H groups in total. The summed E-state index contributed by atoms with van der Waals surface area (Å²) in [4.78, 5) is 0. The van der Waals surface area contributed by atoms with E-state index in [0.717, 1.165) is 10.5 Å². The third-order valence-corrected chi connectivity index (χ3v) is 3.07. The van der Waals surface area contributed by atoms with Crippen molar-refractivity contribution in [3.8, 4) is 0 Å². The molecule has 0 aliphatic heterocycles. The molecule has 2 heteroatoms. The Morgan fingerprint density at radius 2 is 1.50 bits per heavy atom. The molecule has 1 fully saturated rings. The third kappa shape index (κ3) is 2.46. The summed E-state index contributed by atoms with van der Waals surface area (Å²) in [7, 11) is 8.70. The van der Waals surface area contributed by atoms with E-state index >= 15 is 0 Å². The summed E-state index contributed by atoms with van der Waals surface area (Å²) in [5.41, 5.74) is 0. The number of nitrogens with zero attached hydrogens (tertiary/aromatic N) is 1. The lowest BCUT2D eigenvalue weighted by atomic mass is 9.91. The second kappa shape index (κ2) is 3.75. The molecule has 0 amide bonds. The van der Waals surface area contributed by atoms with Crippen LogP contribution in [0.25, 0.3) is 0 Å². The first-order chi connectivity index (χ1) is 5.54. The minimum atomic E-state index is 0.535. The van der Waals surface area contributed by atoms with Gasteiger partial charge in [-0.15, -0.1) is 0 Å². The molecule has 1 saturated carbocycles. The van der Waals surface area contributed by atoms with Crippen LogP contribution in [-0.4, -0.2) is 44.9 Å². The van der Waals surface area contributed by atoms with E-state index in [0.29, 0.717) is 6.10 Å². The second-order valence-corrected chi connectivity index (χ2v) is 4.78.